The molecule has 0 bridgehead atoms. The van der Waals surface area contributed by atoms with E-state index in [1.54, 1.807) is 12.5 Å². The Bertz CT molecular complexity index is 680. The second-order valence-electron chi connectivity index (χ2n) is 4.23. The van der Waals surface area contributed by atoms with Gasteiger partial charge in [-0.15, -0.1) is 0 Å². The fourth-order valence-corrected chi connectivity index (χ4v) is 2.17. The van der Waals surface area contributed by atoms with Crippen LogP contribution in [0.4, 0.5) is 5.82 Å². The minimum absolute atomic E-state index is 0.652. The van der Waals surface area contributed by atoms with E-state index < -0.39 is 0 Å². The Balaban J connectivity index is 2.36. The molecule has 0 saturated heterocycles. The van der Waals surface area contributed by atoms with Crippen LogP contribution in [0.3, 0.4) is 0 Å². The molecular weight excluding hydrogens is 214 g/mol. The van der Waals surface area contributed by atoms with Crippen LogP contribution in [-0.2, 0) is 0 Å². The van der Waals surface area contributed by atoms with E-state index in [0.29, 0.717) is 5.82 Å². The van der Waals surface area contributed by atoms with E-state index >= 15 is 0 Å². The number of aromatic nitrogens is 2. The Morgan fingerprint density at radius 1 is 1.29 bits per heavy atom. The highest BCUT2D eigenvalue weighted by Crippen LogP contribution is 2.28. The standard InChI is InChI=1S/C13H13N3O/c1-8-5-9(2)16-11(6-8)15-12(13(16)14)10-3-4-17-7-10/h3-7H,14H2,1-2H3. The van der Waals surface area contributed by atoms with Gasteiger partial charge in [0.1, 0.15) is 17.2 Å². The number of furan rings is 1. The first-order valence-corrected chi connectivity index (χ1v) is 5.44. The molecule has 3 heterocycles. The zero-order chi connectivity index (χ0) is 12.0. The lowest BCUT2D eigenvalue weighted by Crippen LogP contribution is -1.98. The molecule has 0 atom stereocenters. The van der Waals surface area contributed by atoms with Gasteiger partial charge in [-0.1, -0.05) is 0 Å². The Morgan fingerprint density at radius 2 is 2.12 bits per heavy atom. The Morgan fingerprint density at radius 3 is 2.82 bits per heavy atom. The van der Waals surface area contributed by atoms with Gasteiger partial charge in [-0.25, -0.2) is 4.98 Å². The number of aryl methyl sites for hydroxylation is 2. The van der Waals surface area contributed by atoms with Crippen molar-refractivity contribution >= 4 is 11.5 Å². The van der Waals surface area contributed by atoms with E-state index in [0.717, 1.165) is 22.6 Å². The maximum atomic E-state index is 6.14. The summed E-state index contributed by atoms with van der Waals surface area (Å²) in [5, 5.41) is 0. The third kappa shape index (κ3) is 1.41. The number of nitrogens with two attached hydrogens (primary N) is 1. The molecule has 17 heavy (non-hydrogen) atoms. The van der Waals surface area contributed by atoms with Crippen molar-refractivity contribution in [2.75, 3.05) is 5.73 Å². The van der Waals surface area contributed by atoms with Crippen molar-refractivity contribution in [1.29, 1.82) is 0 Å². The molecule has 3 aromatic rings. The highest BCUT2D eigenvalue weighted by molar-refractivity contribution is 5.74. The molecule has 4 nitrogen and oxygen atoms in total. The molecule has 86 valence electrons. The molecule has 4 heteroatoms. The largest absolute Gasteiger partial charge is 0.472 e. The summed E-state index contributed by atoms with van der Waals surface area (Å²) in [5.41, 5.74) is 11.0. The van der Waals surface area contributed by atoms with Crippen LogP contribution in [0.25, 0.3) is 16.9 Å². The first-order chi connectivity index (χ1) is 8.16. The van der Waals surface area contributed by atoms with Gasteiger partial charge in [-0.2, -0.15) is 0 Å². The molecule has 0 saturated carbocycles. The summed E-state index contributed by atoms with van der Waals surface area (Å²) in [6, 6.07) is 5.97. The SMILES string of the molecule is Cc1cc(C)n2c(N)c(-c3ccoc3)nc2c1. The second-order valence-corrected chi connectivity index (χ2v) is 4.23. The molecule has 0 aliphatic rings. The van der Waals surface area contributed by atoms with Crippen molar-refractivity contribution in [3.05, 3.63) is 42.0 Å². The number of nitrogen functional groups attached to an aromatic ring is 1. The third-order valence-corrected chi connectivity index (χ3v) is 2.88. The van der Waals surface area contributed by atoms with Crippen molar-refractivity contribution in [3.63, 3.8) is 0 Å². The summed E-state index contributed by atoms with van der Waals surface area (Å²) in [7, 11) is 0. The average molecular weight is 227 g/mol. The number of anilines is 1. The van der Waals surface area contributed by atoms with Crippen molar-refractivity contribution in [3.8, 4) is 11.3 Å². The molecule has 0 amide bonds. The van der Waals surface area contributed by atoms with Gasteiger partial charge >= 0.3 is 0 Å². The van der Waals surface area contributed by atoms with E-state index in [-0.39, 0.29) is 0 Å². The highest BCUT2D eigenvalue weighted by Gasteiger charge is 2.13. The van der Waals surface area contributed by atoms with Crippen LogP contribution in [0.1, 0.15) is 11.3 Å². The van der Waals surface area contributed by atoms with Crippen LogP contribution in [0.15, 0.2) is 35.1 Å². The average Bonchev–Trinajstić information content (AvgIpc) is 2.85. The number of rotatable bonds is 1. The van der Waals surface area contributed by atoms with Crippen molar-refractivity contribution in [1.82, 2.24) is 9.38 Å². The van der Waals surface area contributed by atoms with E-state index in [2.05, 4.69) is 18.0 Å². The smallest absolute Gasteiger partial charge is 0.139 e. The fourth-order valence-electron chi connectivity index (χ4n) is 2.17. The lowest BCUT2D eigenvalue weighted by atomic mass is 10.2. The van der Waals surface area contributed by atoms with Crippen LogP contribution in [-0.4, -0.2) is 9.38 Å². The number of fused-ring (bicyclic) bond motifs is 1. The molecule has 0 aliphatic carbocycles. The maximum Gasteiger partial charge on any atom is 0.139 e. The first kappa shape index (κ1) is 9.96. The Kier molecular flexibility index (Phi) is 1.98. The predicted molar refractivity (Wildman–Crippen MR) is 66.8 cm³/mol. The summed E-state index contributed by atoms with van der Waals surface area (Å²) in [4.78, 5) is 4.55. The molecule has 3 rings (SSSR count). The molecule has 0 radical (unpaired) electrons. The zero-order valence-corrected chi connectivity index (χ0v) is 9.77. The summed E-state index contributed by atoms with van der Waals surface area (Å²) in [6.07, 6.45) is 3.28. The second kappa shape index (κ2) is 3.38. The van der Waals surface area contributed by atoms with Gasteiger partial charge in [-0.3, -0.25) is 4.40 Å². The topological polar surface area (TPSA) is 56.5 Å². The van der Waals surface area contributed by atoms with Gasteiger partial charge in [0.05, 0.1) is 12.5 Å². The third-order valence-electron chi connectivity index (χ3n) is 2.88. The van der Waals surface area contributed by atoms with Gasteiger partial charge in [-0.05, 0) is 37.6 Å². The molecule has 3 aromatic heterocycles. The minimum atomic E-state index is 0.652. The van der Waals surface area contributed by atoms with Crippen molar-refractivity contribution in [2.45, 2.75) is 13.8 Å². The number of hydrogen-bond donors (Lipinski definition) is 1. The highest BCUT2D eigenvalue weighted by atomic mass is 16.3. The minimum Gasteiger partial charge on any atom is -0.472 e. The lowest BCUT2D eigenvalue weighted by molar-refractivity contribution is 0.568. The van der Waals surface area contributed by atoms with Crippen LogP contribution in [0, 0.1) is 13.8 Å². The van der Waals surface area contributed by atoms with Gasteiger partial charge in [0.2, 0.25) is 0 Å². The normalized spacial score (nSPS) is 11.2. The van der Waals surface area contributed by atoms with Crippen molar-refractivity contribution < 1.29 is 4.42 Å². The lowest BCUT2D eigenvalue weighted by Gasteiger charge is -2.03. The molecular formula is C13H13N3O. The van der Waals surface area contributed by atoms with E-state index in [1.807, 2.05) is 23.5 Å². The number of nitrogens with zero attached hydrogens (tertiary/aromatic N) is 2. The quantitative estimate of drug-likeness (QED) is 0.695. The summed E-state index contributed by atoms with van der Waals surface area (Å²) >= 11 is 0. The van der Waals surface area contributed by atoms with Gasteiger partial charge in [0, 0.05) is 11.3 Å². The van der Waals surface area contributed by atoms with Crippen molar-refractivity contribution in [2.24, 2.45) is 0 Å². The van der Waals surface area contributed by atoms with Crippen LogP contribution in [0.2, 0.25) is 0 Å². The fraction of sp³-hybridized carbons (Fsp3) is 0.154. The van der Waals surface area contributed by atoms with Crippen LogP contribution in [0.5, 0.6) is 0 Å². The van der Waals surface area contributed by atoms with E-state index in [9.17, 15) is 0 Å². The summed E-state index contributed by atoms with van der Waals surface area (Å²) < 4.78 is 7.02. The monoisotopic (exact) mass is 227 g/mol. The van der Waals surface area contributed by atoms with E-state index in [1.165, 1.54) is 5.56 Å². The predicted octanol–water partition coefficient (Wildman–Crippen LogP) is 2.79. The number of hydrogen-bond acceptors (Lipinski definition) is 3. The van der Waals surface area contributed by atoms with Gasteiger partial charge in [0.15, 0.2) is 0 Å². The number of imidazole rings is 1. The molecule has 0 aromatic carbocycles. The summed E-state index contributed by atoms with van der Waals surface area (Å²) in [5.74, 6) is 0.652. The first-order valence-electron chi connectivity index (χ1n) is 5.44. The van der Waals surface area contributed by atoms with Crippen LogP contribution >= 0.6 is 0 Å². The van der Waals surface area contributed by atoms with Gasteiger partial charge in [0.25, 0.3) is 0 Å². The van der Waals surface area contributed by atoms with Gasteiger partial charge < -0.3 is 10.2 Å². The molecule has 0 unspecified atom stereocenters. The van der Waals surface area contributed by atoms with E-state index in [4.69, 9.17) is 10.2 Å². The maximum absolute atomic E-state index is 6.14. The molecule has 0 aliphatic heterocycles. The summed E-state index contributed by atoms with van der Waals surface area (Å²) in [6.45, 7) is 4.08. The molecule has 0 fully saturated rings. The number of pyridine rings is 1. The zero-order valence-electron chi connectivity index (χ0n) is 9.77. The molecule has 2 N–H and O–H groups in total. The Hall–Kier alpha value is -2.23. The molecule has 0 spiro atoms. The Labute approximate surface area is 98.7 Å². The van der Waals surface area contributed by atoms with Crippen LogP contribution < -0.4 is 5.73 Å².